The Labute approximate surface area is 68.5 Å². The number of nitrogens with zero attached hydrogens (tertiary/aromatic N) is 2. The number of rotatable bonds is 1. The quantitative estimate of drug-likeness (QED) is 0.612. The minimum absolute atomic E-state index is 0.365. The molecule has 0 bridgehead atoms. The van der Waals surface area contributed by atoms with Crippen molar-refractivity contribution in [2.45, 2.75) is 0 Å². The van der Waals surface area contributed by atoms with Gasteiger partial charge in [-0.2, -0.15) is 0 Å². The summed E-state index contributed by atoms with van der Waals surface area (Å²) in [7, 11) is 0. The summed E-state index contributed by atoms with van der Waals surface area (Å²) in [5.41, 5.74) is 0.557. The molecule has 2 nitrogen and oxygen atoms in total. The van der Waals surface area contributed by atoms with Crippen LogP contribution in [0.4, 0.5) is 0 Å². The largest absolute Gasteiger partial charge is 0.235 e. The molecule has 0 fully saturated rings. The molecule has 0 aliphatic rings. The number of halogens is 2. The molecule has 4 heteroatoms. The molecule has 0 aliphatic heterocycles. The van der Waals surface area contributed by atoms with Crippen LogP contribution in [0.25, 0.3) is 5.03 Å². The predicted molar refractivity (Wildman–Crippen MR) is 41.9 cm³/mol. The van der Waals surface area contributed by atoms with Crippen molar-refractivity contribution in [2.75, 3.05) is 0 Å². The normalized spacial score (nSPS) is 9.40. The van der Waals surface area contributed by atoms with Gasteiger partial charge in [-0.1, -0.05) is 29.8 Å². The molecule has 52 valence electrons. The summed E-state index contributed by atoms with van der Waals surface area (Å²) in [6.07, 6.45) is 1.34. The molecular weight excluding hydrogens is 171 g/mol. The van der Waals surface area contributed by atoms with Crippen molar-refractivity contribution in [1.29, 1.82) is 0 Å². The maximum atomic E-state index is 5.54. The van der Waals surface area contributed by atoms with E-state index in [4.69, 9.17) is 23.2 Å². The van der Waals surface area contributed by atoms with E-state index in [0.29, 0.717) is 15.9 Å². The van der Waals surface area contributed by atoms with E-state index in [9.17, 15) is 0 Å². The first-order valence-corrected chi connectivity index (χ1v) is 3.28. The van der Waals surface area contributed by atoms with Gasteiger partial charge in [0.1, 0.15) is 11.5 Å². The van der Waals surface area contributed by atoms with Crippen LogP contribution in [-0.4, -0.2) is 9.97 Å². The van der Waals surface area contributed by atoms with Crippen molar-refractivity contribution in [2.24, 2.45) is 0 Å². The van der Waals surface area contributed by atoms with Crippen LogP contribution in [0.1, 0.15) is 5.69 Å². The van der Waals surface area contributed by atoms with Crippen LogP contribution < -0.4 is 0 Å². The van der Waals surface area contributed by atoms with Crippen LogP contribution in [0.2, 0.25) is 5.15 Å². The summed E-state index contributed by atoms with van der Waals surface area (Å²) in [5.74, 6) is 0. The van der Waals surface area contributed by atoms with E-state index < -0.39 is 0 Å². The third-order valence-electron chi connectivity index (χ3n) is 0.912. The van der Waals surface area contributed by atoms with Crippen LogP contribution in [0.5, 0.6) is 0 Å². The van der Waals surface area contributed by atoms with Gasteiger partial charge < -0.3 is 0 Å². The summed E-state index contributed by atoms with van der Waals surface area (Å²) >= 11 is 11.1. The van der Waals surface area contributed by atoms with Gasteiger partial charge in [0.2, 0.25) is 0 Å². The third-order valence-corrected chi connectivity index (χ3v) is 1.31. The van der Waals surface area contributed by atoms with E-state index in [0.717, 1.165) is 0 Å². The molecule has 0 amide bonds. The van der Waals surface area contributed by atoms with E-state index in [1.165, 1.54) is 6.33 Å². The molecule has 0 spiro atoms. The second-order valence-electron chi connectivity index (χ2n) is 1.63. The van der Waals surface area contributed by atoms with Crippen LogP contribution in [0.15, 0.2) is 19.0 Å². The smallest absolute Gasteiger partial charge is 0.133 e. The van der Waals surface area contributed by atoms with E-state index >= 15 is 0 Å². The lowest BCUT2D eigenvalue weighted by Crippen LogP contribution is -1.84. The minimum Gasteiger partial charge on any atom is -0.235 e. The van der Waals surface area contributed by atoms with Gasteiger partial charge >= 0.3 is 0 Å². The molecule has 0 aromatic carbocycles. The molecule has 0 saturated carbocycles. The first kappa shape index (κ1) is 7.51. The molecule has 0 aliphatic carbocycles. The Balaban J connectivity index is 3.07. The Morgan fingerprint density at radius 3 is 2.60 bits per heavy atom. The lowest BCUT2D eigenvalue weighted by atomic mass is 10.4. The molecule has 1 aromatic rings. The highest BCUT2D eigenvalue weighted by atomic mass is 35.5. The molecule has 10 heavy (non-hydrogen) atoms. The van der Waals surface area contributed by atoms with Crippen molar-refractivity contribution >= 4 is 28.2 Å². The van der Waals surface area contributed by atoms with Gasteiger partial charge in [-0.25, -0.2) is 9.97 Å². The first-order valence-electron chi connectivity index (χ1n) is 2.52. The van der Waals surface area contributed by atoms with Crippen LogP contribution >= 0.6 is 23.2 Å². The molecule has 0 atom stereocenters. The first-order chi connectivity index (χ1) is 4.70. The molecule has 1 rings (SSSR count). The standard InChI is InChI=1S/C6H4Cl2N2/c1-4(7)5-2-6(8)10-3-9-5/h2-3H,1H2. The van der Waals surface area contributed by atoms with Crippen LogP contribution in [0.3, 0.4) is 0 Å². The molecule has 0 radical (unpaired) electrons. The molecular formula is C6H4Cl2N2. The van der Waals surface area contributed by atoms with Crippen LogP contribution in [-0.2, 0) is 0 Å². The minimum atomic E-state index is 0.365. The van der Waals surface area contributed by atoms with Gasteiger partial charge in [0.25, 0.3) is 0 Å². The maximum absolute atomic E-state index is 5.54. The maximum Gasteiger partial charge on any atom is 0.133 e. The number of hydrogen-bond donors (Lipinski definition) is 0. The Morgan fingerprint density at radius 1 is 1.50 bits per heavy atom. The van der Waals surface area contributed by atoms with Gasteiger partial charge in [0, 0.05) is 6.07 Å². The lowest BCUT2D eigenvalue weighted by molar-refractivity contribution is 1.15. The van der Waals surface area contributed by atoms with Gasteiger partial charge in [-0.15, -0.1) is 0 Å². The van der Waals surface area contributed by atoms with Gasteiger partial charge in [-0.3, -0.25) is 0 Å². The Hall–Kier alpha value is -0.600. The molecule has 0 saturated heterocycles. The van der Waals surface area contributed by atoms with Crippen molar-refractivity contribution in [3.8, 4) is 0 Å². The van der Waals surface area contributed by atoms with E-state index in [2.05, 4.69) is 16.5 Å². The zero-order valence-corrected chi connectivity index (χ0v) is 6.52. The van der Waals surface area contributed by atoms with Gasteiger partial charge in [0.15, 0.2) is 0 Å². The highest BCUT2D eigenvalue weighted by Gasteiger charge is 1.96. The third kappa shape index (κ3) is 1.69. The molecule has 0 unspecified atom stereocenters. The second-order valence-corrected chi connectivity index (χ2v) is 2.47. The topological polar surface area (TPSA) is 25.8 Å². The van der Waals surface area contributed by atoms with Crippen molar-refractivity contribution in [1.82, 2.24) is 9.97 Å². The predicted octanol–water partition coefficient (Wildman–Crippen LogP) is 2.34. The summed E-state index contributed by atoms with van der Waals surface area (Å²) in [5, 5.41) is 0.733. The molecule has 0 N–H and O–H groups in total. The summed E-state index contributed by atoms with van der Waals surface area (Å²) in [6.45, 7) is 3.48. The fourth-order valence-corrected chi connectivity index (χ4v) is 0.732. The Kier molecular flexibility index (Phi) is 2.25. The highest BCUT2D eigenvalue weighted by Crippen LogP contribution is 2.14. The number of hydrogen-bond acceptors (Lipinski definition) is 2. The molecule has 1 heterocycles. The Bertz CT molecular complexity index is 260. The highest BCUT2D eigenvalue weighted by molar-refractivity contribution is 6.48. The zero-order valence-electron chi connectivity index (χ0n) is 5.01. The fourth-order valence-electron chi connectivity index (χ4n) is 0.482. The van der Waals surface area contributed by atoms with Gasteiger partial charge in [-0.05, 0) is 0 Å². The Morgan fingerprint density at radius 2 is 2.20 bits per heavy atom. The molecule has 1 aromatic heterocycles. The average Bonchev–Trinajstić information content (AvgIpc) is 1.88. The second kappa shape index (κ2) is 2.99. The fraction of sp³-hybridized carbons (Fsp3) is 0. The van der Waals surface area contributed by atoms with Crippen molar-refractivity contribution in [3.05, 3.63) is 29.8 Å². The zero-order chi connectivity index (χ0) is 7.56. The van der Waals surface area contributed by atoms with E-state index in [1.54, 1.807) is 6.07 Å². The van der Waals surface area contributed by atoms with E-state index in [-0.39, 0.29) is 0 Å². The van der Waals surface area contributed by atoms with Gasteiger partial charge in [0.05, 0.1) is 10.7 Å². The van der Waals surface area contributed by atoms with E-state index in [1.807, 2.05) is 0 Å². The summed E-state index contributed by atoms with van der Waals surface area (Å²) < 4.78 is 0. The van der Waals surface area contributed by atoms with Crippen molar-refractivity contribution < 1.29 is 0 Å². The average molecular weight is 175 g/mol. The lowest BCUT2D eigenvalue weighted by Gasteiger charge is -1.93. The van der Waals surface area contributed by atoms with Crippen LogP contribution in [0, 0.1) is 0 Å². The summed E-state index contributed by atoms with van der Waals surface area (Å²) in [6, 6.07) is 1.55. The SMILES string of the molecule is C=C(Cl)c1cc(Cl)ncn1. The number of aromatic nitrogens is 2. The monoisotopic (exact) mass is 174 g/mol. The van der Waals surface area contributed by atoms with Crippen molar-refractivity contribution in [3.63, 3.8) is 0 Å². The summed E-state index contributed by atoms with van der Waals surface area (Å²) in [4.78, 5) is 7.49.